The van der Waals surface area contributed by atoms with Gasteiger partial charge in [-0.05, 0) is 25.1 Å². The Bertz CT molecular complexity index is 744. The van der Waals surface area contributed by atoms with Crippen molar-refractivity contribution in [3.63, 3.8) is 0 Å². The zero-order valence-electron chi connectivity index (χ0n) is 10.2. The lowest BCUT2D eigenvalue weighted by molar-refractivity contribution is 0.0697. The summed E-state index contributed by atoms with van der Waals surface area (Å²) in [5, 5.41) is 12.6. The van der Waals surface area contributed by atoms with Crippen LogP contribution in [0.5, 0.6) is 0 Å². The van der Waals surface area contributed by atoms with Gasteiger partial charge in [-0.15, -0.1) is 0 Å². The molecule has 1 N–H and O–H groups in total. The maximum absolute atomic E-state index is 10.9. The lowest BCUT2D eigenvalue weighted by Gasteiger charge is -2.03. The molecule has 0 aliphatic heterocycles. The number of rotatable bonds is 3. The van der Waals surface area contributed by atoms with Crippen molar-refractivity contribution in [2.24, 2.45) is 0 Å². The van der Waals surface area contributed by atoms with Crippen LogP contribution in [0.25, 0.3) is 11.0 Å². The number of hydrogen-bond donors (Lipinski definition) is 1. The summed E-state index contributed by atoms with van der Waals surface area (Å²) in [6, 6.07) is 6.69. The van der Waals surface area contributed by atoms with Gasteiger partial charge in [0.15, 0.2) is 5.76 Å². The third-order valence-corrected chi connectivity index (χ3v) is 2.99. The molecule has 6 nitrogen and oxygen atoms in total. The molecule has 0 amide bonds. The summed E-state index contributed by atoms with van der Waals surface area (Å²) in [5.74, 6) is 0.572. The van der Waals surface area contributed by atoms with E-state index in [0.717, 1.165) is 17.1 Å². The molecule has 0 atom stereocenters. The molecule has 0 fully saturated rings. The summed E-state index contributed by atoms with van der Waals surface area (Å²) in [7, 11) is 0. The summed E-state index contributed by atoms with van der Waals surface area (Å²) in [5.41, 5.74) is 1.77. The van der Waals surface area contributed by atoms with Crippen molar-refractivity contribution in [2.45, 2.75) is 13.5 Å². The van der Waals surface area contributed by atoms with E-state index in [2.05, 4.69) is 10.1 Å². The van der Waals surface area contributed by atoms with Gasteiger partial charge in [-0.3, -0.25) is 0 Å². The number of imidazole rings is 1. The molecule has 1 aromatic carbocycles. The molecule has 0 saturated heterocycles. The average Bonchev–Trinajstić information content (AvgIpc) is 2.98. The summed E-state index contributed by atoms with van der Waals surface area (Å²) < 4.78 is 7.04. The van der Waals surface area contributed by atoms with Gasteiger partial charge in [-0.1, -0.05) is 5.16 Å². The first-order chi connectivity index (χ1) is 9.15. The number of aromatic carboxylic acids is 1. The van der Waals surface area contributed by atoms with E-state index in [1.807, 2.05) is 11.5 Å². The minimum absolute atomic E-state index is 0.233. The number of fused-ring (bicyclic) bond motifs is 1. The molecule has 6 heteroatoms. The van der Waals surface area contributed by atoms with Crippen LogP contribution in [0.15, 0.2) is 35.0 Å². The van der Waals surface area contributed by atoms with Gasteiger partial charge in [0.25, 0.3) is 0 Å². The van der Waals surface area contributed by atoms with Gasteiger partial charge in [0, 0.05) is 6.07 Å². The van der Waals surface area contributed by atoms with Crippen molar-refractivity contribution >= 4 is 17.0 Å². The molecule has 3 aromatic rings. The number of nitrogens with zero attached hydrogens (tertiary/aromatic N) is 3. The minimum Gasteiger partial charge on any atom is -0.478 e. The van der Waals surface area contributed by atoms with Crippen molar-refractivity contribution in [1.82, 2.24) is 14.7 Å². The zero-order chi connectivity index (χ0) is 13.4. The van der Waals surface area contributed by atoms with Gasteiger partial charge in [0.05, 0.1) is 29.3 Å². The van der Waals surface area contributed by atoms with Crippen molar-refractivity contribution < 1.29 is 14.4 Å². The van der Waals surface area contributed by atoms with Crippen LogP contribution in [0.1, 0.15) is 21.9 Å². The van der Waals surface area contributed by atoms with Crippen LogP contribution in [-0.4, -0.2) is 25.8 Å². The van der Waals surface area contributed by atoms with Gasteiger partial charge in [0.1, 0.15) is 5.82 Å². The van der Waals surface area contributed by atoms with Crippen LogP contribution >= 0.6 is 0 Å². The van der Waals surface area contributed by atoms with Crippen LogP contribution in [0.3, 0.4) is 0 Å². The third-order valence-electron chi connectivity index (χ3n) is 2.99. The molecular weight excluding hydrogens is 246 g/mol. The quantitative estimate of drug-likeness (QED) is 0.776. The molecule has 0 saturated carbocycles. The first kappa shape index (κ1) is 11.5. The second kappa shape index (κ2) is 4.24. The number of carboxylic acids is 1. The number of carboxylic acid groups (broad SMARTS) is 1. The average molecular weight is 257 g/mol. The van der Waals surface area contributed by atoms with Crippen molar-refractivity contribution in [1.29, 1.82) is 0 Å². The number of aromatic nitrogens is 3. The molecule has 2 heterocycles. The molecule has 2 aromatic heterocycles. The Morgan fingerprint density at radius 2 is 2.26 bits per heavy atom. The topological polar surface area (TPSA) is 81.1 Å². The molecule has 96 valence electrons. The molecule has 19 heavy (non-hydrogen) atoms. The first-order valence-electron chi connectivity index (χ1n) is 5.75. The molecule has 0 unspecified atom stereocenters. The smallest absolute Gasteiger partial charge is 0.335 e. The van der Waals surface area contributed by atoms with E-state index in [9.17, 15) is 4.79 Å². The number of benzene rings is 1. The van der Waals surface area contributed by atoms with Crippen molar-refractivity contribution in [3.8, 4) is 0 Å². The SMILES string of the molecule is Cc1nc2cc(C(=O)O)ccc2n1Cc1ccno1. The second-order valence-corrected chi connectivity index (χ2v) is 4.23. The van der Waals surface area contributed by atoms with E-state index < -0.39 is 5.97 Å². The van der Waals surface area contributed by atoms with Gasteiger partial charge >= 0.3 is 5.97 Å². The molecular formula is C13H11N3O3. The highest BCUT2D eigenvalue weighted by molar-refractivity contribution is 5.92. The van der Waals surface area contributed by atoms with Crippen molar-refractivity contribution in [2.75, 3.05) is 0 Å². The van der Waals surface area contributed by atoms with Gasteiger partial charge in [0.2, 0.25) is 0 Å². The summed E-state index contributed by atoms with van der Waals surface area (Å²) in [6.07, 6.45) is 1.59. The molecule has 0 bridgehead atoms. The predicted molar refractivity (Wildman–Crippen MR) is 67.0 cm³/mol. The lowest BCUT2D eigenvalue weighted by atomic mass is 10.2. The van der Waals surface area contributed by atoms with E-state index in [1.54, 1.807) is 30.5 Å². The Hall–Kier alpha value is -2.63. The summed E-state index contributed by atoms with van der Waals surface area (Å²) in [4.78, 5) is 15.3. The fourth-order valence-electron chi connectivity index (χ4n) is 2.06. The Morgan fingerprint density at radius 1 is 1.42 bits per heavy atom. The molecule has 0 aliphatic carbocycles. The normalized spacial score (nSPS) is 11.0. The summed E-state index contributed by atoms with van der Waals surface area (Å²) >= 11 is 0. The molecule has 0 aliphatic rings. The predicted octanol–water partition coefficient (Wildman–Crippen LogP) is 2.08. The summed E-state index contributed by atoms with van der Waals surface area (Å²) in [6.45, 7) is 2.39. The fourth-order valence-corrected chi connectivity index (χ4v) is 2.06. The Labute approximate surface area is 108 Å². The first-order valence-corrected chi connectivity index (χ1v) is 5.75. The number of carbonyl (C=O) groups is 1. The standard InChI is InChI=1S/C13H11N3O3/c1-8-15-11-6-9(13(17)18)2-3-12(11)16(8)7-10-4-5-14-19-10/h2-6H,7H2,1H3,(H,17,18). The lowest BCUT2D eigenvalue weighted by Crippen LogP contribution is -2.01. The van der Waals surface area contributed by atoms with E-state index in [-0.39, 0.29) is 5.56 Å². The van der Waals surface area contributed by atoms with E-state index in [4.69, 9.17) is 9.63 Å². The highest BCUT2D eigenvalue weighted by atomic mass is 16.5. The Kier molecular flexibility index (Phi) is 2.56. The van der Waals surface area contributed by atoms with E-state index in [0.29, 0.717) is 12.1 Å². The monoisotopic (exact) mass is 257 g/mol. The van der Waals surface area contributed by atoms with Gasteiger partial charge < -0.3 is 14.2 Å². The molecule has 3 rings (SSSR count). The maximum atomic E-state index is 10.9. The Balaban J connectivity index is 2.09. The Morgan fingerprint density at radius 3 is 2.95 bits per heavy atom. The van der Waals surface area contributed by atoms with E-state index >= 15 is 0 Å². The highest BCUT2D eigenvalue weighted by Gasteiger charge is 2.12. The largest absolute Gasteiger partial charge is 0.478 e. The molecule has 0 radical (unpaired) electrons. The minimum atomic E-state index is -0.954. The highest BCUT2D eigenvalue weighted by Crippen LogP contribution is 2.19. The van der Waals surface area contributed by atoms with Crippen LogP contribution in [-0.2, 0) is 6.54 Å². The zero-order valence-corrected chi connectivity index (χ0v) is 10.2. The number of aryl methyl sites for hydroxylation is 1. The van der Waals surface area contributed by atoms with E-state index in [1.165, 1.54) is 0 Å². The van der Waals surface area contributed by atoms with Crippen LogP contribution in [0.2, 0.25) is 0 Å². The third kappa shape index (κ3) is 1.97. The second-order valence-electron chi connectivity index (χ2n) is 4.23. The van der Waals surface area contributed by atoms with Crippen LogP contribution < -0.4 is 0 Å². The van der Waals surface area contributed by atoms with Crippen LogP contribution in [0.4, 0.5) is 0 Å². The maximum Gasteiger partial charge on any atom is 0.335 e. The fraction of sp³-hybridized carbons (Fsp3) is 0.154. The van der Waals surface area contributed by atoms with Crippen molar-refractivity contribution in [3.05, 3.63) is 47.6 Å². The van der Waals surface area contributed by atoms with Crippen LogP contribution in [0, 0.1) is 6.92 Å². The molecule has 0 spiro atoms. The van der Waals surface area contributed by atoms with Gasteiger partial charge in [-0.2, -0.15) is 0 Å². The van der Waals surface area contributed by atoms with Gasteiger partial charge in [-0.25, -0.2) is 9.78 Å². The number of hydrogen-bond acceptors (Lipinski definition) is 4.